The molecule has 2 atom stereocenters. The second-order valence-corrected chi connectivity index (χ2v) is 9.24. The van der Waals surface area contributed by atoms with Crippen LogP contribution in [0.4, 0.5) is 4.79 Å². The highest BCUT2D eigenvalue weighted by atomic mass is 16.8. The molecule has 5 rings (SSSR count). The molecule has 2 unspecified atom stereocenters. The topological polar surface area (TPSA) is 94.6 Å². The molecule has 9 heteroatoms. The lowest BCUT2D eigenvalue weighted by Gasteiger charge is -2.40. The van der Waals surface area contributed by atoms with Gasteiger partial charge in [-0.15, -0.1) is 0 Å². The normalized spacial score (nSPS) is 22.3. The van der Waals surface area contributed by atoms with Crippen molar-refractivity contribution in [2.45, 2.75) is 37.3 Å². The van der Waals surface area contributed by atoms with Crippen molar-refractivity contribution < 1.29 is 33.3 Å². The van der Waals surface area contributed by atoms with Gasteiger partial charge in [0.1, 0.15) is 0 Å². The summed E-state index contributed by atoms with van der Waals surface area (Å²) in [4.78, 5) is 42.4. The molecule has 3 aliphatic heterocycles. The highest BCUT2D eigenvalue weighted by molar-refractivity contribution is 5.94. The average molecular weight is 507 g/mol. The molecular formula is C28H30N2O7. The van der Waals surface area contributed by atoms with Crippen molar-refractivity contribution in [3.63, 3.8) is 0 Å². The van der Waals surface area contributed by atoms with Crippen LogP contribution in [0, 0.1) is 0 Å². The summed E-state index contributed by atoms with van der Waals surface area (Å²) >= 11 is 0. The molecule has 0 aliphatic carbocycles. The van der Waals surface area contributed by atoms with Gasteiger partial charge in [0.25, 0.3) is 0 Å². The number of benzene rings is 2. The van der Waals surface area contributed by atoms with E-state index in [-0.39, 0.29) is 6.42 Å². The second-order valence-electron chi connectivity index (χ2n) is 9.24. The molecule has 2 aromatic rings. The zero-order valence-corrected chi connectivity index (χ0v) is 20.5. The molecule has 37 heavy (non-hydrogen) atoms. The summed E-state index contributed by atoms with van der Waals surface area (Å²) in [6.45, 7) is 3.52. The SMILES string of the molecule is O=C1C=CC(=O)OC2(O1)C(CCc1ccccc1)OC(=O)N2C(CCN1CCOCC1)c1ccccc1. The van der Waals surface area contributed by atoms with Crippen LogP contribution < -0.4 is 0 Å². The summed E-state index contributed by atoms with van der Waals surface area (Å²) in [5.41, 5.74) is 1.84. The smallest absolute Gasteiger partial charge is 0.417 e. The number of nitrogens with zero attached hydrogens (tertiary/aromatic N) is 2. The van der Waals surface area contributed by atoms with Crippen LogP contribution in [0.2, 0.25) is 0 Å². The van der Waals surface area contributed by atoms with Crippen molar-refractivity contribution >= 4 is 18.0 Å². The summed E-state index contributed by atoms with van der Waals surface area (Å²) in [6.07, 6.45) is 1.64. The molecule has 2 fully saturated rings. The lowest BCUT2D eigenvalue weighted by atomic mass is 9.99. The molecular weight excluding hydrogens is 476 g/mol. The summed E-state index contributed by atoms with van der Waals surface area (Å²) in [7, 11) is 0. The number of hydrogen-bond donors (Lipinski definition) is 0. The first kappa shape index (κ1) is 25.0. The van der Waals surface area contributed by atoms with E-state index in [0.29, 0.717) is 32.6 Å². The van der Waals surface area contributed by atoms with Crippen LogP contribution >= 0.6 is 0 Å². The zero-order chi connectivity index (χ0) is 25.7. The van der Waals surface area contributed by atoms with E-state index in [1.807, 2.05) is 60.7 Å². The van der Waals surface area contributed by atoms with Gasteiger partial charge in [-0.25, -0.2) is 19.3 Å². The van der Waals surface area contributed by atoms with Crippen LogP contribution in [0.25, 0.3) is 0 Å². The number of amides is 1. The molecule has 2 saturated heterocycles. The van der Waals surface area contributed by atoms with Crippen molar-refractivity contribution in [1.29, 1.82) is 0 Å². The number of carbonyl (C=O) groups excluding carboxylic acids is 3. The lowest BCUT2D eigenvalue weighted by molar-refractivity contribution is -0.285. The average Bonchev–Trinajstić information content (AvgIpc) is 3.07. The van der Waals surface area contributed by atoms with Gasteiger partial charge in [0, 0.05) is 31.8 Å². The first-order valence-electron chi connectivity index (χ1n) is 12.6. The van der Waals surface area contributed by atoms with Gasteiger partial charge in [0.2, 0.25) is 6.10 Å². The Kier molecular flexibility index (Phi) is 7.52. The summed E-state index contributed by atoms with van der Waals surface area (Å²) in [5.74, 6) is -3.59. The molecule has 1 spiro atoms. The highest BCUT2D eigenvalue weighted by Crippen LogP contribution is 2.44. The summed E-state index contributed by atoms with van der Waals surface area (Å²) in [5, 5.41) is 0. The Morgan fingerprint density at radius 3 is 2.14 bits per heavy atom. The van der Waals surface area contributed by atoms with E-state index in [4.69, 9.17) is 18.9 Å². The molecule has 3 heterocycles. The first-order valence-corrected chi connectivity index (χ1v) is 12.6. The fourth-order valence-electron chi connectivity index (χ4n) is 5.06. The second kappa shape index (κ2) is 11.1. The van der Waals surface area contributed by atoms with E-state index >= 15 is 0 Å². The van der Waals surface area contributed by atoms with Crippen molar-refractivity contribution in [3.05, 3.63) is 83.9 Å². The first-order chi connectivity index (χ1) is 18.0. The minimum atomic E-state index is -2.03. The van der Waals surface area contributed by atoms with Crippen LogP contribution in [-0.2, 0) is 35.0 Å². The van der Waals surface area contributed by atoms with Gasteiger partial charge < -0.3 is 18.9 Å². The van der Waals surface area contributed by atoms with Crippen LogP contribution in [-0.4, -0.2) is 72.7 Å². The quantitative estimate of drug-likeness (QED) is 0.504. The van der Waals surface area contributed by atoms with Gasteiger partial charge in [-0.1, -0.05) is 60.7 Å². The largest absolute Gasteiger partial charge is 0.435 e. The van der Waals surface area contributed by atoms with Gasteiger partial charge >= 0.3 is 23.9 Å². The molecule has 0 aromatic heterocycles. The van der Waals surface area contributed by atoms with E-state index in [0.717, 1.165) is 36.4 Å². The number of hydrogen-bond acceptors (Lipinski definition) is 8. The fourth-order valence-corrected chi connectivity index (χ4v) is 5.06. The lowest BCUT2D eigenvalue weighted by Crippen LogP contribution is -2.58. The third kappa shape index (κ3) is 5.52. The molecule has 0 N–H and O–H groups in total. The maximum Gasteiger partial charge on any atom is 0.417 e. The van der Waals surface area contributed by atoms with E-state index in [9.17, 15) is 14.4 Å². The number of carbonyl (C=O) groups is 3. The van der Waals surface area contributed by atoms with E-state index in [1.54, 1.807) is 0 Å². The predicted octanol–water partition coefficient (Wildman–Crippen LogP) is 3.21. The predicted molar refractivity (Wildman–Crippen MR) is 132 cm³/mol. The van der Waals surface area contributed by atoms with Gasteiger partial charge in [-0.2, -0.15) is 0 Å². The Morgan fingerprint density at radius 2 is 1.49 bits per heavy atom. The Labute approximate surface area is 215 Å². The van der Waals surface area contributed by atoms with Crippen molar-refractivity contribution in [3.8, 4) is 0 Å². The van der Waals surface area contributed by atoms with Crippen LogP contribution in [0.5, 0.6) is 0 Å². The van der Waals surface area contributed by atoms with E-state index in [1.165, 1.54) is 4.90 Å². The summed E-state index contributed by atoms with van der Waals surface area (Å²) < 4.78 is 22.8. The number of cyclic esters (lactones) is 1. The highest BCUT2D eigenvalue weighted by Gasteiger charge is 2.64. The number of morpholine rings is 1. The van der Waals surface area contributed by atoms with Gasteiger partial charge in [-0.05, 0) is 30.4 Å². The monoisotopic (exact) mass is 506 g/mol. The minimum Gasteiger partial charge on any atom is -0.435 e. The third-order valence-electron chi connectivity index (χ3n) is 6.89. The molecule has 194 valence electrons. The Balaban J connectivity index is 1.49. The van der Waals surface area contributed by atoms with Gasteiger partial charge in [0.15, 0.2) is 0 Å². The molecule has 3 aliphatic rings. The molecule has 0 bridgehead atoms. The fraction of sp³-hybridized carbons (Fsp3) is 0.393. The number of ether oxygens (including phenoxy) is 4. The number of aryl methyl sites for hydroxylation is 1. The maximum absolute atomic E-state index is 13.5. The maximum atomic E-state index is 13.5. The van der Waals surface area contributed by atoms with Crippen LogP contribution in [0.3, 0.4) is 0 Å². The Morgan fingerprint density at radius 1 is 0.865 bits per heavy atom. The van der Waals surface area contributed by atoms with E-state index < -0.39 is 36.1 Å². The third-order valence-corrected chi connectivity index (χ3v) is 6.89. The Hall–Kier alpha value is -3.69. The standard InChI is InChI=1S/C28H30N2O7/c31-25-13-14-26(32)37-28(36-25)24(12-11-21-7-3-1-4-8-21)35-27(33)30(28)23(22-9-5-2-6-10-22)15-16-29-17-19-34-20-18-29/h1-10,13-14,23-24H,11-12,15-20H2. The zero-order valence-electron chi connectivity index (χ0n) is 20.5. The van der Waals surface area contributed by atoms with Crippen molar-refractivity contribution in [2.24, 2.45) is 0 Å². The Bertz CT molecular complexity index is 1110. The van der Waals surface area contributed by atoms with Crippen molar-refractivity contribution in [1.82, 2.24) is 9.80 Å². The molecule has 9 nitrogen and oxygen atoms in total. The van der Waals surface area contributed by atoms with Crippen LogP contribution in [0.15, 0.2) is 72.8 Å². The molecule has 1 amide bonds. The van der Waals surface area contributed by atoms with E-state index in [2.05, 4.69) is 4.90 Å². The summed E-state index contributed by atoms with van der Waals surface area (Å²) in [6, 6.07) is 18.6. The van der Waals surface area contributed by atoms with Gasteiger partial charge in [-0.3, -0.25) is 4.90 Å². The molecule has 0 radical (unpaired) electrons. The van der Waals surface area contributed by atoms with Gasteiger partial charge in [0.05, 0.1) is 19.3 Å². The number of esters is 2. The minimum absolute atomic E-state index is 0.289. The molecule has 2 aromatic carbocycles. The molecule has 0 saturated carbocycles. The van der Waals surface area contributed by atoms with Crippen LogP contribution in [0.1, 0.15) is 30.0 Å². The number of rotatable bonds is 8. The van der Waals surface area contributed by atoms with Crippen molar-refractivity contribution in [2.75, 3.05) is 32.8 Å².